The van der Waals surface area contributed by atoms with Gasteiger partial charge in [-0.05, 0) is 61.9 Å². The second kappa shape index (κ2) is 9.52. The number of carbonyl (C=O) groups is 2. The number of para-hydroxylation sites is 1. The van der Waals surface area contributed by atoms with Gasteiger partial charge in [0.1, 0.15) is 24.0 Å². The van der Waals surface area contributed by atoms with Gasteiger partial charge in [-0.3, -0.25) is 20.4 Å². The molecular weight excluding hydrogens is 423 g/mol. The van der Waals surface area contributed by atoms with Crippen LogP contribution in [0.1, 0.15) is 39.0 Å². The highest BCUT2D eigenvalue weighted by Gasteiger charge is 2.15. The first-order valence-corrected chi connectivity index (χ1v) is 10.5. The quantitative estimate of drug-likeness (QED) is 0.436. The zero-order valence-electron chi connectivity index (χ0n) is 18.3. The third-order valence-corrected chi connectivity index (χ3v) is 5.25. The second-order valence-corrected chi connectivity index (χ2v) is 7.43. The van der Waals surface area contributed by atoms with E-state index in [-0.39, 0.29) is 18.0 Å². The number of hydrogen-bond acceptors (Lipinski definition) is 4. The number of nitrogens with one attached hydrogen (secondary N) is 2. The van der Waals surface area contributed by atoms with Gasteiger partial charge in [0, 0.05) is 12.1 Å². The Morgan fingerprint density at radius 1 is 1.00 bits per heavy atom. The van der Waals surface area contributed by atoms with Gasteiger partial charge in [-0.1, -0.05) is 24.3 Å². The lowest BCUT2D eigenvalue weighted by Gasteiger charge is -2.12. The topological polar surface area (TPSA) is 85.3 Å². The highest BCUT2D eigenvalue weighted by Crippen LogP contribution is 2.20. The third kappa shape index (κ3) is 4.85. The monoisotopic (exact) mass is 446 g/mol. The number of rotatable bonds is 6. The molecule has 1 heterocycles. The number of aromatic nitrogens is 2. The highest BCUT2D eigenvalue weighted by atomic mass is 19.1. The summed E-state index contributed by atoms with van der Waals surface area (Å²) in [6.45, 7) is 4.90. The predicted octanol–water partition coefficient (Wildman–Crippen LogP) is 4.16. The fraction of sp³-hybridized carbons (Fsp3) is 0.160. The highest BCUT2D eigenvalue weighted by molar-refractivity contribution is 6.01. The Morgan fingerprint density at radius 2 is 1.73 bits per heavy atom. The van der Waals surface area contributed by atoms with Crippen LogP contribution in [0.2, 0.25) is 0 Å². The average Bonchev–Trinajstić information content (AvgIpc) is 3.16. The number of amides is 2. The Hall–Kier alpha value is -4.20. The maximum Gasteiger partial charge on any atom is 0.273 e. The summed E-state index contributed by atoms with van der Waals surface area (Å²) in [5, 5.41) is 0. The number of nitrogens with zero attached hydrogens (tertiary/aromatic N) is 2. The Balaban J connectivity index is 1.42. The Bertz CT molecular complexity index is 1320. The standard InChI is InChI=1S/C25H23FN4O3/c1-3-30-16(2)27-21-14-18(10-13-22(21)30)24(31)28-29-25(32)20-6-4-5-7-23(20)33-15-17-8-11-19(26)12-9-17/h4-14H,3,15H2,1-2H3,(H,28,31)(H,29,32). The molecule has 0 atom stereocenters. The fourth-order valence-electron chi connectivity index (χ4n) is 3.57. The molecule has 0 bridgehead atoms. The molecule has 168 valence electrons. The van der Waals surface area contributed by atoms with Crippen molar-refractivity contribution in [3.8, 4) is 5.75 Å². The number of hydrogen-bond donors (Lipinski definition) is 2. The van der Waals surface area contributed by atoms with Gasteiger partial charge in [-0.25, -0.2) is 9.37 Å². The molecule has 0 aliphatic rings. The molecule has 0 saturated heterocycles. The largest absolute Gasteiger partial charge is 0.488 e. The van der Waals surface area contributed by atoms with Gasteiger partial charge in [-0.2, -0.15) is 0 Å². The number of carbonyl (C=O) groups excluding carboxylic acids is 2. The van der Waals surface area contributed by atoms with Crippen molar-refractivity contribution < 1.29 is 18.7 Å². The summed E-state index contributed by atoms with van der Waals surface area (Å²) in [6.07, 6.45) is 0. The number of aryl methyl sites for hydroxylation is 2. The van der Waals surface area contributed by atoms with Crippen LogP contribution >= 0.6 is 0 Å². The van der Waals surface area contributed by atoms with Crippen molar-refractivity contribution in [3.63, 3.8) is 0 Å². The molecular formula is C25H23FN4O3. The van der Waals surface area contributed by atoms with Crippen LogP contribution in [0.15, 0.2) is 66.7 Å². The number of benzene rings is 3. The Kier molecular flexibility index (Phi) is 6.35. The maximum atomic E-state index is 13.1. The summed E-state index contributed by atoms with van der Waals surface area (Å²) in [5.74, 6) is -0.0997. The van der Waals surface area contributed by atoms with E-state index >= 15 is 0 Å². The predicted molar refractivity (Wildman–Crippen MR) is 122 cm³/mol. The van der Waals surface area contributed by atoms with Gasteiger partial charge in [0.2, 0.25) is 0 Å². The maximum absolute atomic E-state index is 13.1. The van der Waals surface area contributed by atoms with E-state index in [1.165, 1.54) is 12.1 Å². The fourth-order valence-corrected chi connectivity index (χ4v) is 3.57. The summed E-state index contributed by atoms with van der Waals surface area (Å²) in [4.78, 5) is 29.8. The molecule has 0 aliphatic carbocycles. The van der Waals surface area contributed by atoms with Gasteiger partial charge < -0.3 is 9.30 Å². The van der Waals surface area contributed by atoms with E-state index in [0.29, 0.717) is 16.8 Å². The minimum absolute atomic E-state index is 0.167. The van der Waals surface area contributed by atoms with Gasteiger partial charge >= 0.3 is 0 Å². The first-order valence-electron chi connectivity index (χ1n) is 10.5. The smallest absolute Gasteiger partial charge is 0.273 e. The summed E-state index contributed by atoms with van der Waals surface area (Å²) in [6, 6.07) is 17.8. The SMILES string of the molecule is CCn1c(C)nc2cc(C(=O)NNC(=O)c3ccccc3OCc3ccc(F)cc3)ccc21. The van der Waals surface area contributed by atoms with Gasteiger partial charge in [0.05, 0.1) is 16.6 Å². The molecule has 33 heavy (non-hydrogen) atoms. The van der Waals surface area contributed by atoms with Crippen LogP contribution in [0.25, 0.3) is 11.0 Å². The van der Waals surface area contributed by atoms with E-state index in [1.54, 1.807) is 48.5 Å². The average molecular weight is 446 g/mol. The molecule has 0 radical (unpaired) electrons. The molecule has 1 aromatic heterocycles. The molecule has 0 spiro atoms. The van der Waals surface area contributed by atoms with Crippen LogP contribution < -0.4 is 15.6 Å². The molecule has 7 nitrogen and oxygen atoms in total. The number of hydrazine groups is 1. The zero-order valence-corrected chi connectivity index (χ0v) is 18.3. The van der Waals surface area contributed by atoms with Crippen LogP contribution in [0.3, 0.4) is 0 Å². The molecule has 4 rings (SSSR count). The Labute approximate surface area is 190 Å². The normalized spacial score (nSPS) is 10.8. The van der Waals surface area contributed by atoms with E-state index < -0.39 is 11.8 Å². The van der Waals surface area contributed by atoms with E-state index in [0.717, 1.165) is 23.4 Å². The van der Waals surface area contributed by atoms with E-state index in [2.05, 4.69) is 20.4 Å². The lowest BCUT2D eigenvalue weighted by atomic mass is 10.2. The molecule has 0 fully saturated rings. The van der Waals surface area contributed by atoms with Crippen LogP contribution in [0, 0.1) is 12.7 Å². The van der Waals surface area contributed by atoms with Crippen molar-refractivity contribution in [1.29, 1.82) is 0 Å². The first-order chi connectivity index (χ1) is 16.0. The third-order valence-electron chi connectivity index (χ3n) is 5.25. The summed E-state index contributed by atoms with van der Waals surface area (Å²) < 4.78 is 20.9. The molecule has 0 saturated carbocycles. The van der Waals surface area contributed by atoms with Crippen molar-refractivity contribution in [2.24, 2.45) is 0 Å². The molecule has 0 aliphatic heterocycles. The lowest BCUT2D eigenvalue weighted by molar-refractivity contribution is 0.0844. The number of halogens is 1. The second-order valence-electron chi connectivity index (χ2n) is 7.43. The van der Waals surface area contributed by atoms with Gasteiger partial charge in [0.25, 0.3) is 11.8 Å². The van der Waals surface area contributed by atoms with Crippen molar-refractivity contribution in [2.45, 2.75) is 27.0 Å². The van der Waals surface area contributed by atoms with Crippen molar-refractivity contribution in [3.05, 3.63) is 95.1 Å². The van der Waals surface area contributed by atoms with Crippen LogP contribution in [-0.4, -0.2) is 21.4 Å². The molecule has 0 unspecified atom stereocenters. The van der Waals surface area contributed by atoms with E-state index in [9.17, 15) is 14.0 Å². The number of imidazole rings is 1. The zero-order chi connectivity index (χ0) is 23.4. The summed E-state index contributed by atoms with van der Waals surface area (Å²) >= 11 is 0. The minimum Gasteiger partial charge on any atom is -0.488 e. The van der Waals surface area contributed by atoms with Gasteiger partial charge in [-0.15, -0.1) is 0 Å². The minimum atomic E-state index is -0.523. The van der Waals surface area contributed by atoms with Crippen LogP contribution in [-0.2, 0) is 13.2 Å². The molecule has 2 N–H and O–H groups in total. The summed E-state index contributed by atoms with van der Waals surface area (Å²) in [7, 11) is 0. The number of ether oxygens (including phenoxy) is 1. The van der Waals surface area contributed by atoms with E-state index in [4.69, 9.17) is 4.74 Å². The summed E-state index contributed by atoms with van der Waals surface area (Å²) in [5.41, 5.74) is 7.92. The molecule has 3 aromatic carbocycles. The molecule has 4 aromatic rings. The first kappa shape index (κ1) is 22.0. The Morgan fingerprint density at radius 3 is 2.48 bits per heavy atom. The van der Waals surface area contributed by atoms with Crippen molar-refractivity contribution >= 4 is 22.8 Å². The lowest BCUT2D eigenvalue weighted by Crippen LogP contribution is -2.41. The van der Waals surface area contributed by atoms with E-state index in [1.807, 2.05) is 19.9 Å². The van der Waals surface area contributed by atoms with Crippen LogP contribution in [0.5, 0.6) is 5.75 Å². The molecule has 2 amide bonds. The molecule has 8 heteroatoms. The number of fused-ring (bicyclic) bond motifs is 1. The van der Waals surface area contributed by atoms with Crippen molar-refractivity contribution in [2.75, 3.05) is 0 Å². The van der Waals surface area contributed by atoms with Gasteiger partial charge in [0.15, 0.2) is 0 Å². The van der Waals surface area contributed by atoms with Crippen LogP contribution in [0.4, 0.5) is 4.39 Å². The van der Waals surface area contributed by atoms with Crippen molar-refractivity contribution in [1.82, 2.24) is 20.4 Å².